The van der Waals surface area contributed by atoms with Gasteiger partial charge in [0.1, 0.15) is 16.7 Å². The number of nitrogens with zero attached hydrogens (tertiary/aromatic N) is 2. The predicted molar refractivity (Wildman–Crippen MR) is 113 cm³/mol. The molecule has 2 aromatic rings. The third kappa shape index (κ3) is 4.75. The molecule has 2 aromatic carbocycles. The zero-order valence-electron chi connectivity index (χ0n) is 17.3. The Labute approximate surface area is 186 Å². The van der Waals surface area contributed by atoms with Gasteiger partial charge in [0.05, 0.1) is 10.8 Å². The van der Waals surface area contributed by atoms with Crippen molar-refractivity contribution in [3.8, 4) is 5.75 Å². The van der Waals surface area contributed by atoms with Crippen molar-refractivity contribution in [1.82, 2.24) is 4.31 Å². The first kappa shape index (κ1) is 22.6. The van der Waals surface area contributed by atoms with E-state index in [2.05, 4.69) is 4.74 Å². The number of rotatable bonds is 5. The first-order valence-electron chi connectivity index (χ1n) is 10.3. The molecule has 0 aromatic heterocycles. The second-order valence-electron chi connectivity index (χ2n) is 8.06. The van der Waals surface area contributed by atoms with Crippen molar-refractivity contribution in [3.05, 3.63) is 53.6 Å². The standard InChI is InChI=1S/C22H23F3N2O4S/c1-14-13-26(17-5-7-18(8-6-17)31-22(23,24)25)9-10-27(14)32(30)20-4-2-3-15-11-16(21(28)29)12-19(15)20/h2-8,14,16H,9-13H2,1H3,(H,28,29). The van der Waals surface area contributed by atoms with Crippen LogP contribution in [-0.4, -0.2) is 51.6 Å². The molecule has 0 radical (unpaired) electrons. The van der Waals surface area contributed by atoms with Crippen molar-refractivity contribution in [3.63, 3.8) is 0 Å². The number of carboxylic acid groups (broad SMARTS) is 1. The van der Waals surface area contributed by atoms with E-state index < -0.39 is 29.2 Å². The lowest BCUT2D eigenvalue weighted by Crippen LogP contribution is -2.52. The van der Waals surface area contributed by atoms with Crippen molar-refractivity contribution in [2.75, 3.05) is 24.5 Å². The molecular formula is C22H23F3N2O4S. The van der Waals surface area contributed by atoms with Crippen LogP contribution in [0.5, 0.6) is 5.75 Å². The van der Waals surface area contributed by atoms with Gasteiger partial charge >= 0.3 is 12.3 Å². The van der Waals surface area contributed by atoms with Crippen LogP contribution in [-0.2, 0) is 28.6 Å². The molecule has 1 aliphatic carbocycles. The average Bonchev–Trinajstić information content (AvgIpc) is 3.17. The summed E-state index contributed by atoms with van der Waals surface area (Å²) in [6, 6.07) is 11.2. The highest BCUT2D eigenvalue weighted by molar-refractivity contribution is 7.82. The number of hydrogen-bond donors (Lipinski definition) is 1. The molecule has 1 saturated heterocycles. The van der Waals surface area contributed by atoms with Crippen molar-refractivity contribution in [2.45, 2.75) is 37.1 Å². The summed E-state index contributed by atoms with van der Waals surface area (Å²) < 4.78 is 56.3. The highest BCUT2D eigenvalue weighted by atomic mass is 32.2. The molecule has 1 fully saturated rings. The van der Waals surface area contributed by atoms with Gasteiger partial charge in [0.25, 0.3) is 0 Å². The summed E-state index contributed by atoms with van der Waals surface area (Å²) in [5, 5.41) is 9.36. The smallest absolute Gasteiger partial charge is 0.481 e. The molecule has 0 spiro atoms. The Morgan fingerprint density at radius 1 is 1.12 bits per heavy atom. The number of ether oxygens (including phenoxy) is 1. The average molecular weight is 468 g/mol. The van der Waals surface area contributed by atoms with Crippen LogP contribution in [0.15, 0.2) is 47.4 Å². The van der Waals surface area contributed by atoms with Crippen LogP contribution < -0.4 is 9.64 Å². The number of hydrogen-bond acceptors (Lipinski definition) is 4. The number of alkyl halides is 3. The molecule has 3 unspecified atom stereocenters. The van der Waals surface area contributed by atoms with Crippen molar-refractivity contribution < 1.29 is 32.0 Å². The van der Waals surface area contributed by atoms with E-state index in [0.29, 0.717) is 37.4 Å². The molecule has 1 aliphatic heterocycles. The molecule has 4 rings (SSSR count). The third-order valence-corrected chi connectivity index (χ3v) is 7.63. The molecule has 0 amide bonds. The topological polar surface area (TPSA) is 70.1 Å². The highest BCUT2D eigenvalue weighted by Gasteiger charge is 2.34. The van der Waals surface area contributed by atoms with Crippen LogP contribution >= 0.6 is 0 Å². The lowest BCUT2D eigenvalue weighted by atomic mass is 10.1. The summed E-state index contributed by atoms with van der Waals surface area (Å²) in [5.41, 5.74) is 2.57. The number of piperazine rings is 1. The number of carbonyl (C=O) groups is 1. The minimum atomic E-state index is -4.73. The van der Waals surface area contributed by atoms with Gasteiger partial charge in [-0.1, -0.05) is 12.1 Å². The van der Waals surface area contributed by atoms with Gasteiger partial charge in [-0.3, -0.25) is 4.79 Å². The van der Waals surface area contributed by atoms with E-state index in [-0.39, 0.29) is 11.8 Å². The zero-order valence-corrected chi connectivity index (χ0v) is 18.2. The van der Waals surface area contributed by atoms with Crippen LogP contribution in [0.2, 0.25) is 0 Å². The Hall–Kier alpha value is -2.59. The second kappa shape index (κ2) is 8.74. The summed E-state index contributed by atoms with van der Waals surface area (Å²) in [7, 11) is -1.43. The van der Waals surface area contributed by atoms with Gasteiger partial charge in [0.2, 0.25) is 0 Å². The van der Waals surface area contributed by atoms with Gasteiger partial charge in [-0.15, -0.1) is 13.2 Å². The summed E-state index contributed by atoms with van der Waals surface area (Å²) in [6.07, 6.45) is -3.89. The second-order valence-corrected chi connectivity index (χ2v) is 9.47. The number of halogens is 3. The normalized spacial score (nSPS) is 22.4. The molecular weight excluding hydrogens is 445 g/mol. The quantitative estimate of drug-likeness (QED) is 0.726. The van der Waals surface area contributed by atoms with Gasteiger partial charge in [0.15, 0.2) is 0 Å². The fourth-order valence-corrected chi connectivity index (χ4v) is 5.88. The molecule has 2 aliphatic rings. The first-order chi connectivity index (χ1) is 15.1. The third-order valence-electron chi connectivity index (χ3n) is 5.90. The maximum atomic E-state index is 13.4. The maximum absolute atomic E-state index is 13.4. The Kier molecular flexibility index (Phi) is 6.17. The largest absolute Gasteiger partial charge is 0.573 e. The van der Waals surface area contributed by atoms with Gasteiger partial charge in [-0.2, -0.15) is 0 Å². The van der Waals surface area contributed by atoms with E-state index in [4.69, 9.17) is 0 Å². The van der Waals surface area contributed by atoms with E-state index in [9.17, 15) is 27.3 Å². The summed E-state index contributed by atoms with van der Waals surface area (Å²) in [6.45, 7) is 3.56. The monoisotopic (exact) mass is 468 g/mol. The molecule has 0 bridgehead atoms. The lowest BCUT2D eigenvalue weighted by molar-refractivity contribution is -0.274. The zero-order chi connectivity index (χ0) is 23.0. The number of benzene rings is 2. The van der Waals surface area contributed by atoms with Gasteiger partial charge in [0, 0.05) is 31.4 Å². The summed E-state index contributed by atoms with van der Waals surface area (Å²) >= 11 is 0. The van der Waals surface area contributed by atoms with E-state index in [0.717, 1.165) is 16.8 Å². The predicted octanol–water partition coefficient (Wildman–Crippen LogP) is 3.62. The summed E-state index contributed by atoms with van der Waals surface area (Å²) in [4.78, 5) is 14.1. The van der Waals surface area contributed by atoms with Crippen LogP contribution in [0.3, 0.4) is 0 Å². The van der Waals surface area contributed by atoms with E-state index >= 15 is 0 Å². The minimum Gasteiger partial charge on any atom is -0.481 e. The SMILES string of the molecule is CC1CN(c2ccc(OC(F)(F)F)cc2)CCN1S(=O)c1cccc2c1CC(C(=O)O)C2. The molecule has 3 atom stereocenters. The molecule has 32 heavy (non-hydrogen) atoms. The van der Waals surface area contributed by atoms with Gasteiger partial charge < -0.3 is 14.7 Å². The number of carboxylic acids is 1. The van der Waals surface area contributed by atoms with Crippen molar-refractivity contribution >= 4 is 22.6 Å². The number of aliphatic carboxylic acids is 1. The number of fused-ring (bicyclic) bond motifs is 1. The lowest BCUT2D eigenvalue weighted by Gasteiger charge is -2.40. The van der Waals surface area contributed by atoms with E-state index in [1.165, 1.54) is 12.1 Å². The van der Waals surface area contributed by atoms with Crippen molar-refractivity contribution in [1.29, 1.82) is 0 Å². The van der Waals surface area contributed by atoms with Crippen LogP contribution in [0, 0.1) is 5.92 Å². The Morgan fingerprint density at radius 2 is 1.84 bits per heavy atom. The van der Waals surface area contributed by atoms with E-state index in [1.807, 2.05) is 28.3 Å². The van der Waals surface area contributed by atoms with E-state index in [1.54, 1.807) is 18.2 Å². The first-order valence-corrected chi connectivity index (χ1v) is 11.4. The van der Waals surface area contributed by atoms with Gasteiger partial charge in [-0.05, 0) is 61.2 Å². The van der Waals surface area contributed by atoms with Crippen molar-refractivity contribution in [2.24, 2.45) is 5.92 Å². The Morgan fingerprint density at radius 3 is 2.47 bits per heavy atom. The Bertz CT molecular complexity index is 1030. The van der Waals surface area contributed by atoms with Gasteiger partial charge in [-0.25, -0.2) is 8.51 Å². The molecule has 1 heterocycles. The fraction of sp³-hybridized carbons (Fsp3) is 0.409. The minimum absolute atomic E-state index is 0.0804. The maximum Gasteiger partial charge on any atom is 0.573 e. The summed E-state index contributed by atoms with van der Waals surface area (Å²) in [5.74, 6) is -1.60. The number of anilines is 1. The van der Waals surface area contributed by atoms with Crippen LogP contribution in [0.1, 0.15) is 18.1 Å². The Balaban J connectivity index is 1.44. The highest BCUT2D eigenvalue weighted by Crippen LogP contribution is 2.33. The molecule has 1 N–H and O–H groups in total. The molecule has 10 heteroatoms. The molecule has 0 saturated carbocycles. The molecule has 172 valence electrons. The molecule has 6 nitrogen and oxygen atoms in total. The fourth-order valence-electron chi connectivity index (χ4n) is 4.36. The van der Waals surface area contributed by atoms with Crippen LogP contribution in [0.25, 0.3) is 0 Å². The van der Waals surface area contributed by atoms with Crippen LogP contribution in [0.4, 0.5) is 18.9 Å².